The second-order valence-electron chi connectivity index (χ2n) is 6.93. The molecular weight excluding hydrogens is 338 g/mol. The number of rotatable bonds is 5. The van der Waals surface area contributed by atoms with Gasteiger partial charge in [-0.2, -0.15) is 0 Å². The maximum Gasteiger partial charge on any atom is 0.272 e. The van der Waals surface area contributed by atoms with Gasteiger partial charge >= 0.3 is 0 Å². The number of aromatic nitrogens is 2. The summed E-state index contributed by atoms with van der Waals surface area (Å²) < 4.78 is 1.66. The summed E-state index contributed by atoms with van der Waals surface area (Å²) in [5.41, 5.74) is 6.05. The summed E-state index contributed by atoms with van der Waals surface area (Å²) in [6.45, 7) is 8.15. The molecule has 27 heavy (non-hydrogen) atoms. The van der Waals surface area contributed by atoms with E-state index in [1.165, 1.54) is 5.56 Å². The molecule has 3 aromatic rings. The van der Waals surface area contributed by atoms with E-state index in [0.717, 1.165) is 34.3 Å². The Balaban J connectivity index is 1.83. The fraction of sp³-hybridized carbons (Fsp3) is 0.318. The van der Waals surface area contributed by atoms with Crippen molar-refractivity contribution in [3.8, 4) is 0 Å². The topological polar surface area (TPSA) is 64.0 Å². The lowest BCUT2D eigenvalue weighted by Gasteiger charge is -2.13. The number of nitrogens with one attached hydrogen (secondary N) is 1. The van der Waals surface area contributed by atoms with Gasteiger partial charge in [-0.1, -0.05) is 19.1 Å². The molecule has 140 valence electrons. The van der Waals surface area contributed by atoms with Crippen LogP contribution in [0.5, 0.6) is 0 Å². The summed E-state index contributed by atoms with van der Waals surface area (Å²) in [6, 6.07) is 11.8. The molecule has 0 atom stereocenters. The van der Waals surface area contributed by atoms with E-state index in [0.29, 0.717) is 12.2 Å². The van der Waals surface area contributed by atoms with Crippen LogP contribution in [0.1, 0.15) is 35.7 Å². The van der Waals surface area contributed by atoms with Gasteiger partial charge in [-0.15, -0.1) is 0 Å². The second-order valence-corrected chi connectivity index (χ2v) is 6.93. The highest BCUT2D eigenvalue weighted by atomic mass is 16.2. The maximum atomic E-state index is 12.6. The number of hydrogen-bond donors (Lipinski definition) is 1. The molecule has 3 rings (SSSR count). The molecule has 5 heteroatoms. The Morgan fingerprint density at radius 3 is 2.59 bits per heavy atom. The first kappa shape index (κ1) is 18.8. The molecule has 0 aliphatic rings. The number of nitrogens with zero attached hydrogens (tertiary/aromatic N) is 2. The van der Waals surface area contributed by atoms with Gasteiger partial charge in [0.1, 0.15) is 5.69 Å². The average Bonchev–Trinajstić information content (AvgIpc) is 2.64. The third-order valence-corrected chi connectivity index (χ3v) is 4.91. The zero-order valence-electron chi connectivity index (χ0n) is 16.3. The standard InChI is InChI=1S/C22H25N3O2/c1-5-17-7-6-8-18(13-17)24-21(26)9-10-25-20-12-15(3)14(2)11-19(20)23-16(4)22(25)27/h6-8,11-13H,5,9-10H2,1-4H3,(H,24,26). The summed E-state index contributed by atoms with van der Waals surface area (Å²) in [5, 5.41) is 2.92. The SMILES string of the molecule is CCc1cccc(NC(=O)CCn2c(=O)c(C)nc3cc(C)c(C)cc32)c1. The van der Waals surface area contributed by atoms with Crippen molar-refractivity contribution in [1.82, 2.24) is 9.55 Å². The maximum absolute atomic E-state index is 12.6. The molecule has 0 aliphatic carbocycles. The van der Waals surface area contributed by atoms with Crippen LogP contribution in [0.25, 0.3) is 11.0 Å². The molecule has 0 aliphatic heterocycles. The lowest BCUT2D eigenvalue weighted by Crippen LogP contribution is -2.26. The molecule has 0 radical (unpaired) electrons. The van der Waals surface area contributed by atoms with E-state index in [1.54, 1.807) is 11.5 Å². The van der Waals surface area contributed by atoms with Gasteiger partial charge in [0.2, 0.25) is 5.91 Å². The number of anilines is 1. The largest absolute Gasteiger partial charge is 0.326 e. The molecule has 0 bridgehead atoms. The molecule has 0 saturated carbocycles. The van der Waals surface area contributed by atoms with Crippen LogP contribution in [-0.2, 0) is 17.8 Å². The van der Waals surface area contributed by atoms with Crippen molar-refractivity contribution < 1.29 is 4.79 Å². The highest BCUT2D eigenvalue weighted by Crippen LogP contribution is 2.17. The van der Waals surface area contributed by atoms with Crippen LogP contribution >= 0.6 is 0 Å². The van der Waals surface area contributed by atoms with Crippen molar-refractivity contribution in [1.29, 1.82) is 0 Å². The van der Waals surface area contributed by atoms with Crippen LogP contribution in [0.2, 0.25) is 0 Å². The molecule has 5 nitrogen and oxygen atoms in total. The van der Waals surface area contributed by atoms with Gasteiger partial charge in [-0.3, -0.25) is 9.59 Å². The van der Waals surface area contributed by atoms with Crippen molar-refractivity contribution in [3.05, 3.63) is 69.1 Å². The lowest BCUT2D eigenvalue weighted by molar-refractivity contribution is -0.116. The fourth-order valence-electron chi connectivity index (χ4n) is 3.15. The van der Waals surface area contributed by atoms with E-state index in [2.05, 4.69) is 17.2 Å². The van der Waals surface area contributed by atoms with Crippen molar-refractivity contribution in [2.75, 3.05) is 5.32 Å². The Labute approximate surface area is 159 Å². The van der Waals surface area contributed by atoms with Gasteiger partial charge in [0, 0.05) is 18.7 Å². The third kappa shape index (κ3) is 4.08. The highest BCUT2D eigenvalue weighted by molar-refractivity contribution is 5.90. The van der Waals surface area contributed by atoms with Gasteiger partial charge in [-0.05, 0) is 68.1 Å². The zero-order valence-corrected chi connectivity index (χ0v) is 16.3. The molecule has 1 amide bonds. The van der Waals surface area contributed by atoms with E-state index in [4.69, 9.17) is 0 Å². The first-order chi connectivity index (χ1) is 12.9. The summed E-state index contributed by atoms with van der Waals surface area (Å²) in [7, 11) is 0. The van der Waals surface area contributed by atoms with Crippen molar-refractivity contribution in [2.45, 2.75) is 47.1 Å². The minimum Gasteiger partial charge on any atom is -0.326 e. The monoisotopic (exact) mass is 363 g/mol. The van der Waals surface area contributed by atoms with Crippen LogP contribution in [0, 0.1) is 20.8 Å². The van der Waals surface area contributed by atoms with Crippen LogP contribution in [0.3, 0.4) is 0 Å². The molecule has 1 N–H and O–H groups in total. The van der Waals surface area contributed by atoms with Crippen LogP contribution < -0.4 is 10.9 Å². The van der Waals surface area contributed by atoms with Gasteiger partial charge in [0.15, 0.2) is 0 Å². The molecule has 1 heterocycles. The second kappa shape index (κ2) is 7.74. The Kier molecular flexibility index (Phi) is 5.40. The predicted octanol–water partition coefficient (Wildman–Crippen LogP) is 3.91. The minimum atomic E-state index is -0.147. The van der Waals surface area contributed by atoms with E-state index < -0.39 is 0 Å². The Hall–Kier alpha value is -2.95. The Morgan fingerprint density at radius 2 is 1.85 bits per heavy atom. The fourth-order valence-corrected chi connectivity index (χ4v) is 3.15. The van der Waals surface area contributed by atoms with Crippen molar-refractivity contribution >= 4 is 22.6 Å². The molecule has 1 aromatic heterocycles. The van der Waals surface area contributed by atoms with Crippen LogP contribution in [-0.4, -0.2) is 15.5 Å². The number of carbonyl (C=O) groups is 1. The Morgan fingerprint density at radius 1 is 1.11 bits per heavy atom. The van der Waals surface area contributed by atoms with Gasteiger partial charge in [0.05, 0.1) is 11.0 Å². The van der Waals surface area contributed by atoms with Crippen LogP contribution in [0.4, 0.5) is 5.69 Å². The third-order valence-electron chi connectivity index (χ3n) is 4.91. The molecule has 0 unspecified atom stereocenters. The van der Waals surface area contributed by atoms with Crippen molar-refractivity contribution in [3.63, 3.8) is 0 Å². The van der Waals surface area contributed by atoms with Crippen molar-refractivity contribution in [2.24, 2.45) is 0 Å². The van der Waals surface area contributed by atoms with E-state index in [9.17, 15) is 9.59 Å². The molecular formula is C22H25N3O2. The highest BCUT2D eigenvalue weighted by Gasteiger charge is 2.11. The van der Waals surface area contributed by atoms with Gasteiger partial charge in [0.25, 0.3) is 5.56 Å². The summed E-state index contributed by atoms with van der Waals surface area (Å²) >= 11 is 0. The number of fused-ring (bicyclic) bond motifs is 1. The summed E-state index contributed by atoms with van der Waals surface area (Å²) in [6.07, 6.45) is 1.14. The number of carbonyl (C=O) groups excluding carboxylic acids is 1. The molecule has 0 saturated heterocycles. The number of hydrogen-bond acceptors (Lipinski definition) is 3. The van der Waals surface area contributed by atoms with Gasteiger partial charge < -0.3 is 9.88 Å². The first-order valence-electron chi connectivity index (χ1n) is 9.26. The quantitative estimate of drug-likeness (QED) is 0.747. The summed E-state index contributed by atoms with van der Waals surface area (Å²) in [5.74, 6) is -0.110. The van der Waals surface area contributed by atoms with E-state index >= 15 is 0 Å². The first-order valence-corrected chi connectivity index (χ1v) is 9.26. The molecule has 0 fully saturated rings. The van der Waals surface area contributed by atoms with E-state index in [1.807, 2.05) is 50.2 Å². The molecule has 0 spiro atoms. The summed E-state index contributed by atoms with van der Waals surface area (Å²) in [4.78, 5) is 29.4. The minimum absolute atomic E-state index is 0.110. The normalized spacial score (nSPS) is 11.0. The molecule has 2 aromatic carbocycles. The smallest absolute Gasteiger partial charge is 0.272 e. The lowest BCUT2D eigenvalue weighted by atomic mass is 10.1. The van der Waals surface area contributed by atoms with Gasteiger partial charge in [-0.25, -0.2) is 4.98 Å². The number of benzene rings is 2. The zero-order chi connectivity index (χ0) is 19.6. The number of amides is 1. The van der Waals surface area contributed by atoms with Crippen LogP contribution in [0.15, 0.2) is 41.2 Å². The Bertz CT molecular complexity index is 1070. The average molecular weight is 363 g/mol. The predicted molar refractivity (Wildman–Crippen MR) is 109 cm³/mol. The van der Waals surface area contributed by atoms with E-state index in [-0.39, 0.29) is 17.9 Å². The number of aryl methyl sites for hydroxylation is 5.